The van der Waals surface area contributed by atoms with Gasteiger partial charge >= 0.3 is 6.03 Å². The molecule has 0 unspecified atom stereocenters. The van der Waals surface area contributed by atoms with Gasteiger partial charge in [0, 0.05) is 34.9 Å². The number of carbonyl (C=O) groups is 1. The van der Waals surface area contributed by atoms with Crippen molar-refractivity contribution in [3.8, 4) is 0 Å². The lowest BCUT2D eigenvalue weighted by molar-refractivity contribution is -0.106. The lowest BCUT2D eigenvalue weighted by atomic mass is 10.6. The maximum atomic E-state index is 12.5. The number of ether oxygens (including phenoxy) is 2. The second-order valence-corrected chi connectivity index (χ2v) is 7.51. The highest BCUT2D eigenvalue weighted by Gasteiger charge is 2.29. The molecule has 0 atom stereocenters. The zero-order valence-corrected chi connectivity index (χ0v) is 15.3. The predicted molar refractivity (Wildman–Crippen MR) is 85.0 cm³/mol. The number of rotatable bonds is 8. The molecule has 0 bridgehead atoms. The van der Waals surface area contributed by atoms with Crippen LogP contribution in [-0.2, 0) is 19.5 Å². The van der Waals surface area contributed by atoms with Gasteiger partial charge in [0.2, 0.25) is 9.47 Å². The number of carbonyl (C=O) groups excluding carboxylic acids is 1. The summed E-state index contributed by atoms with van der Waals surface area (Å²) in [6, 6.07) is -0.389. The van der Waals surface area contributed by atoms with E-state index in [-0.39, 0.29) is 22.0 Å². The average Bonchev–Trinajstić information content (AvgIpc) is 3.03. The topological polar surface area (TPSA) is 114 Å². The van der Waals surface area contributed by atoms with Gasteiger partial charge in [0.05, 0.1) is 6.54 Å². The Morgan fingerprint density at radius 3 is 2.43 bits per heavy atom. The summed E-state index contributed by atoms with van der Waals surface area (Å²) in [6.07, 6.45) is -0.694. The Morgan fingerprint density at radius 2 is 1.96 bits per heavy atom. The van der Waals surface area contributed by atoms with E-state index in [1.165, 1.54) is 33.2 Å². The first-order chi connectivity index (χ1) is 10.8. The van der Waals surface area contributed by atoms with Gasteiger partial charge in [-0.3, -0.25) is 4.90 Å². The van der Waals surface area contributed by atoms with E-state index in [2.05, 4.69) is 15.5 Å². The van der Waals surface area contributed by atoms with E-state index in [1.807, 2.05) is 0 Å². The first kappa shape index (κ1) is 19.7. The first-order valence-electron chi connectivity index (χ1n) is 6.66. The summed E-state index contributed by atoms with van der Waals surface area (Å²) in [5, 5.41) is 10.1. The molecule has 23 heavy (non-hydrogen) atoms. The Hall–Kier alpha value is -1.34. The third kappa shape index (κ3) is 4.57. The first-order valence-corrected chi connectivity index (χ1v) is 8.92. The molecule has 0 radical (unpaired) electrons. The minimum Gasteiger partial charge on any atom is -0.355 e. The van der Waals surface area contributed by atoms with Gasteiger partial charge in [0.25, 0.3) is 10.0 Å². The largest absolute Gasteiger partial charge is 0.355 e. The number of anilines is 1. The standard InChI is InChI=1S/C11H21N5O5S2/c1-6-16(9(17)12-2)10-13-14-11(22-10)23(18,19)15(3)7-8(20-4)21-5/h8H,6-7H2,1-5H3,(H,12,17). The summed E-state index contributed by atoms with van der Waals surface area (Å²) < 4.78 is 35.8. The van der Waals surface area contributed by atoms with Crippen molar-refractivity contribution in [2.24, 2.45) is 0 Å². The summed E-state index contributed by atoms with van der Waals surface area (Å²) >= 11 is 0.818. The Labute approximate surface area is 139 Å². The average molecular weight is 367 g/mol. The fourth-order valence-corrected chi connectivity index (χ4v) is 4.00. The minimum atomic E-state index is -3.85. The predicted octanol–water partition coefficient (Wildman–Crippen LogP) is -0.0568. The van der Waals surface area contributed by atoms with Crippen LogP contribution in [0.1, 0.15) is 6.92 Å². The molecule has 1 aromatic heterocycles. The van der Waals surface area contributed by atoms with Crippen LogP contribution in [0.5, 0.6) is 0 Å². The highest BCUT2D eigenvalue weighted by atomic mass is 32.2. The number of aromatic nitrogens is 2. The van der Waals surface area contributed by atoms with Crippen molar-refractivity contribution < 1.29 is 22.7 Å². The van der Waals surface area contributed by atoms with Crippen molar-refractivity contribution in [3.63, 3.8) is 0 Å². The fraction of sp³-hybridized carbons (Fsp3) is 0.727. The van der Waals surface area contributed by atoms with Crippen LogP contribution in [0.3, 0.4) is 0 Å². The van der Waals surface area contributed by atoms with E-state index in [9.17, 15) is 13.2 Å². The number of likely N-dealkylation sites (N-methyl/N-ethyl adjacent to an activating group) is 1. The smallest absolute Gasteiger partial charge is 0.323 e. The number of sulfonamides is 1. The molecule has 0 saturated carbocycles. The highest BCUT2D eigenvalue weighted by molar-refractivity contribution is 7.91. The molecule has 10 nitrogen and oxygen atoms in total. The fourth-order valence-electron chi connectivity index (χ4n) is 1.60. The molecule has 0 fully saturated rings. The third-order valence-electron chi connectivity index (χ3n) is 2.96. The molecule has 0 aliphatic heterocycles. The van der Waals surface area contributed by atoms with Gasteiger partial charge in [-0.1, -0.05) is 11.3 Å². The van der Waals surface area contributed by atoms with Gasteiger partial charge in [-0.15, -0.1) is 10.2 Å². The van der Waals surface area contributed by atoms with Crippen molar-refractivity contribution in [1.82, 2.24) is 19.8 Å². The lowest BCUT2D eigenvalue weighted by Crippen LogP contribution is -2.37. The summed E-state index contributed by atoms with van der Waals surface area (Å²) in [5.74, 6) is 0. The molecule has 1 N–H and O–H groups in total. The minimum absolute atomic E-state index is 0.00279. The molecule has 0 saturated heterocycles. The van der Waals surface area contributed by atoms with Crippen LogP contribution in [-0.4, -0.2) is 76.6 Å². The Morgan fingerprint density at radius 1 is 1.35 bits per heavy atom. The maximum Gasteiger partial charge on any atom is 0.323 e. The van der Waals surface area contributed by atoms with Crippen molar-refractivity contribution in [1.29, 1.82) is 0 Å². The maximum absolute atomic E-state index is 12.5. The molecule has 0 aliphatic carbocycles. The van der Waals surface area contributed by atoms with E-state index in [0.717, 1.165) is 15.6 Å². The summed E-state index contributed by atoms with van der Waals surface area (Å²) in [7, 11) is 1.85. The normalized spacial score (nSPS) is 12.0. The second kappa shape index (κ2) is 8.49. The molecule has 132 valence electrons. The summed E-state index contributed by atoms with van der Waals surface area (Å²) in [4.78, 5) is 13.0. The van der Waals surface area contributed by atoms with Crippen LogP contribution in [0.25, 0.3) is 0 Å². The number of hydrogen-bond donors (Lipinski definition) is 1. The van der Waals surface area contributed by atoms with Crippen molar-refractivity contribution in [3.05, 3.63) is 0 Å². The highest BCUT2D eigenvalue weighted by Crippen LogP contribution is 2.25. The van der Waals surface area contributed by atoms with Gasteiger partial charge in [-0.2, -0.15) is 4.31 Å². The van der Waals surface area contributed by atoms with Crippen molar-refractivity contribution in [2.45, 2.75) is 17.6 Å². The van der Waals surface area contributed by atoms with Crippen molar-refractivity contribution >= 4 is 32.5 Å². The quantitative estimate of drug-likeness (QED) is 0.506. The van der Waals surface area contributed by atoms with E-state index < -0.39 is 16.3 Å². The molecular formula is C11H21N5O5S2. The second-order valence-electron chi connectivity index (χ2n) is 4.34. The van der Waals surface area contributed by atoms with Crippen molar-refractivity contribution in [2.75, 3.05) is 46.3 Å². The van der Waals surface area contributed by atoms with E-state index in [0.29, 0.717) is 6.54 Å². The van der Waals surface area contributed by atoms with Crippen LogP contribution in [0.4, 0.5) is 9.93 Å². The Kier molecular flexibility index (Phi) is 7.28. The SMILES string of the molecule is CCN(C(=O)NC)c1nnc(S(=O)(=O)N(C)CC(OC)OC)s1. The zero-order valence-electron chi connectivity index (χ0n) is 13.6. The molecule has 0 spiro atoms. The van der Waals surface area contributed by atoms with Gasteiger partial charge in [-0.25, -0.2) is 13.2 Å². The summed E-state index contributed by atoms with van der Waals surface area (Å²) in [5.41, 5.74) is 0. The van der Waals surface area contributed by atoms with Crippen LogP contribution >= 0.6 is 11.3 Å². The molecule has 1 aromatic rings. The number of urea groups is 1. The van der Waals surface area contributed by atoms with Crippen LogP contribution in [0.15, 0.2) is 4.34 Å². The van der Waals surface area contributed by atoms with E-state index in [1.54, 1.807) is 6.92 Å². The third-order valence-corrected chi connectivity index (χ3v) is 6.08. The molecule has 12 heteroatoms. The molecular weight excluding hydrogens is 346 g/mol. The molecule has 0 aliphatic rings. The number of hydrogen-bond acceptors (Lipinski definition) is 8. The number of nitrogens with zero attached hydrogens (tertiary/aromatic N) is 4. The lowest BCUT2D eigenvalue weighted by Gasteiger charge is -2.20. The molecule has 0 aromatic carbocycles. The molecule has 1 rings (SSSR count). The number of methoxy groups -OCH3 is 2. The number of nitrogens with one attached hydrogen (secondary N) is 1. The Bertz CT molecular complexity index is 616. The van der Waals surface area contributed by atoms with E-state index >= 15 is 0 Å². The van der Waals surface area contributed by atoms with Crippen LogP contribution < -0.4 is 10.2 Å². The molecule has 2 amide bonds. The number of amides is 2. The monoisotopic (exact) mass is 367 g/mol. The van der Waals surface area contributed by atoms with E-state index in [4.69, 9.17) is 9.47 Å². The van der Waals surface area contributed by atoms with Gasteiger partial charge in [-0.05, 0) is 6.92 Å². The summed E-state index contributed by atoms with van der Waals surface area (Å²) in [6.45, 7) is 2.08. The van der Waals surface area contributed by atoms with Gasteiger partial charge in [0.1, 0.15) is 0 Å². The van der Waals surface area contributed by atoms with Crippen LogP contribution in [0, 0.1) is 0 Å². The molecule has 1 heterocycles. The van der Waals surface area contributed by atoms with Gasteiger partial charge in [0.15, 0.2) is 6.29 Å². The Balaban J connectivity index is 3.00. The van der Waals surface area contributed by atoms with Gasteiger partial charge < -0.3 is 14.8 Å². The van der Waals surface area contributed by atoms with Crippen LogP contribution in [0.2, 0.25) is 0 Å². The zero-order chi connectivity index (χ0) is 17.6.